The van der Waals surface area contributed by atoms with Gasteiger partial charge in [0.05, 0.1) is 16.7 Å². The van der Waals surface area contributed by atoms with Crippen LogP contribution >= 0.6 is 22.9 Å². The molecule has 0 aromatic carbocycles. The Morgan fingerprint density at radius 3 is 2.81 bits per heavy atom. The van der Waals surface area contributed by atoms with Crippen LogP contribution in [-0.2, 0) is 4.74 Å². The van der Waals surface area contributed by atoms with Crippen LogP contribution in [0.3, 0.4) is 0 Å². The van der Waals surface area contributed by atoms with Crippen LogP contribution in [0.5, 0.6) is 0 Å². The Balaban J connectivity index is 1.52. The molecule has 0 saturated carbocycles. The molecule has 2 saturated heterocycles. The molecule has 0 radical (unpaired) electrons. The molecule has 0 aliphatic carbocycles. The molecule has 2 aliphatic heterocycles. The van der Waals surface area contributed by atoms with Gasteiger partial charge >= 0.3 is 0 Å². The number of carbonyl (C=O) groups is 1. The van der Waals surface area contributed by atoms with Crippen LogP contribution in [0.1, 0.15) is 48.2 Å². The fraction of sp³-hybridized carbons (Fsp3) is 0.500. The second-order valence-electron chi connectivity index (χ2n) is 7.28. The lowest BCUT2D eigenvalue weighted by molar-refractivity contribution is -0.0173. The molecular weight excluding hydrogens is 382 g/mol. The zero-order valence-electron chi connectivity index (χ0n) is 15.4. The summed E-state index contributed by atoms with van der Waals surface area (Å²) < 4.78 is 6.10. The van der Waals surface area contributed by atoms with E-state index >= 15 is 0 Å². The van der Waals surface area contributed by atoms with Crippen molar-refractivity contribution in [3.05, 3.63) is 45.2 Å². The molecule has 2 fully saturated rings. The summed E-state index contributed by atoms with van der Waals surface area (Å²) in [4.78, 5) is 21.3. The molecule has 7 heteroatoms. The first-order valence-electron chi connectivity index (χ1n) is 9.49. The highest BCUT2D eigenvalue weighted by atomic mass is 35.5. The molecule has 0 bridgehead atoms. The van der Waals surface area contributed by atoms with Crippen LogP contribution in [0.4, 0.5) is 5.82 Å². The van der Waals surface area contributed by atoms with E-state index in [0.29, 0.717) is 17.1 Å². The van der Waals surface area contributed by atoms with E-state index < -0.39 is 0 Å². The first kappa shape index (κ1) is 18.7. The van der Waals surface area contributed by atoms with Crippen molar-refractivity contribution in [2.75, 3.05) is 31.1 Å². The van der Waals surface area contributed by atoms with Crippen molar-refractivity contribution in [2.24, 2.45) is 0 Å². The number of likely N-dealkylation sites (tertiary alicyclic amines) is 1. The maximum absolute atomic E-state index is 12.7. The van der Waals surface area contributed by atoms with E-state index in [-0.39, 0.29) is 18.1 Å². The summed E-state index contributed by atoms with van der Waals surface area (Å²) in [6, 6.07) is 3.86. The number of morpholine rings is 1. The lowest BCUT2D eigenvalue weighted by Crippen LogP contribution is -2.43. The van der Waals surface area contributed by atoms with E-state index in [9.17, 15) is 4.79 Å². The van der Waals surface area contributed by atoms with Crippen molar-refractivity contribution in [1.29, 1.82) is 0 Å². The number of piperidine rings is 1. The van der Waals surface area contributed by atoms with Gasteiger partial charge in [-0.15, -0.1) is 0 Å². The Hall–Kier alpha value is -1.63. The lowest BCUT2D eigenvalue weighted by atomic mass is 10.1. The van der Waals surface area contributed by atoms with Crippen LogP contribution in [0, 0.1) is 0 Å². The number of halogens is 1. The average molecular weight is 406 g/mol. The van der Waals surface area contributed by atoms with Crippen molar-refractivity contribution >= 4 is 34.7 Å². The third-order valence-electron chi connectivity index (χ3n) is 5.19. The van der Waals surface area contributed by atoms with Gasteiger partial charge in [-0.3, -0.25) is 4.79 Å². The molecule has 5 nitrogen and oxygen atoms in total. The molecule has 2 aliphatic rings. The van der Waals surface area contributed by atoms with Crippen LogP contribution in [0.2, 0.25) is 5.02 Å². The minimum Gasteiger partial charge on any atom is -0.367 e. The highest BCUT2D eigenvalue weighted by Gasteiger charge is 2.29. The quantitative estimate of drug-likeness (QED) is 0.759. The Morgan fingerprint density at radius 1 is 1.30 bits per heavy atom. The molecule has 2 atom stereocenters. The van der Waals surface area contributed by atoms with Gasteiger partial charge in [-0.25, -0.2) is 4.98 Å². The summed E-state index contributed by atoms with van der Waals surface area (Å²) in [5.74, 6) is 0.754. The number of amides is 1. The number of rotatable bonds is 3. The van der Waals surface area contributed by atoms with Crippen molar-refractivity contribution in [2.45, 2.75) is 38.4 Å². The van der Waals surface area contributed by atoms with Crippen LogP contribution in [0.15, 0.2) is 29.1 Å². The number of anilines is 1. The van der Waals surface area contributed by atoms with Crippen LogP contribution in [0.25, 0.3) is 0 Å². The molecule has 2 aromatic rings. The van der Waals surface area contributed by atoms with Crippen molar-refractivity contribution in [3.63, 3.8) is 0 Å². The maximum atomic E-state index is 12.7. The van der Waals surface area contributed by atoms with E-state index in [1.807, 2.05) is 4.90 Å². The SMILES string of the molecule is CC1CN(c2ncc(C(=O)N3CCCCC3)cc2Cl)CC(c2ccsc2)O1. The van der Waals surface area contributed by atoms with Gasteiger partial charge in [-0.05, 0) is 54.6 Å². The molecule has 0 N–H and O–H groups in total. The summed E-state index contributed by atoms with van der Waals surface area (Å²) in [6.45, 7) is 5.14. The van der Waals surface area contributed by atoms with E-state index in [0.717, 1.165) is 38.3 Å². The third kappa shape index (κ3) is 4.13. The Morgan fingerprint density at radius 2 is 2.11 bits per heavy atom. The normalized spacial score (nSPS) is 23.5. The van der Waals surface area contributed by atoms with Gasteiger partial charge in [0.2, 0.25) is 0 Å². The summed E-state index contributed by atoms with van der Waals surface area (Å²) in [6.07, 6.45) is 5.09. The number of hydrogen-bond acceptors (Lipinski definition) is 5. The predicted molar refractivity (Wildman–Crippen MR) is 109 cm³/mol. The van der Waals surface area contributed by atoms with E-state index in [4.69, 9.17) is 16.3 Å². The van der Waals surface area contributed by atoms with E-state index in [1.54, 1.807) is 23.6 Å². The smallest absolute Gasteiger partial charge is 0.255 e. The van der Waals surface area contributed by atoms with Gasteiger partial charge in [-0.1, -0.05) is 11.6 Å². The number of carbonyl (C=O) groups excluding carboxylic acids is 1. The van der Waals surface area contributed by atoms with Gasteiger partial charge < -0.3 is 14.5 Å². The van der Waals surface area contributed by atoms with E-state index in [1.165, 1.54) is 12.0 Å². The highest BCUT2D eigenvalue weighted by Crippen LogP contribution is 2.32. The second-order valence-corrected chi connectivity index (χ2v) is 8.47. The zero-order valence-corrected chi connectivity index (χ0v) is 17.0. The molecule has 2 unspecified atom stereocenters. The van der Waals surface area contributed by atoms with Gasteiger partial charge in [-0.2, -0.15) is 11.3 Å². The number of hydrogen-bond donors (Lipinski definition) is 0. The Bertz CT molecular complexity index is 793. The lowest BCUT2D eigenvalue weighted by Gasteiger charge is -2.37. The monoisotopic (exact) mass is 405 g/mol. The molecule has 4 rings (SSSR count). The van der Waals surface area contributed by atoms with Crippen LogP contribution in [-0.4, -0.2) is 48.1 Å². The first-order chi connectivity index (χ1) is 13.1. The molecule has 2 aromatic heterocycles. The summed E-state index contributed by atoms with van der Waals surface area (Å²) >= 11 is 8.22. The number of pyridine rings is 1. The first-order valence-corrected chi connectivity index (χ1v) is 10.8. The Labute approximate surface area is 168 Å². The number of nitrogens with zero attached hydrogens (tertiary/aromatic N) is 3. The third-order valence-corrected chi connectivity index (χ3v) is 6.17. The fourth-order valence-electron chi connectivity index (χ4n) is 3.83. The van der Waals surface area contributed by atoms with Gasteiger partial charge in [0.15, 0.2) is 0 Å². The molecule has 0 spiro atoms. The largest absolute Gasteiger partial charge is 0.367 e. The molecule has 4 heterocycles. The Kier molecular flexibility index (Phi) is 5.66. The maximum Gasteiger partial charge on any atom is 0.255 e. The van der Waals surface area contributed by atoms with Gasteiger partial charge in [0.25, 0.3) is 5.91 Å². The second kappa shape index (κ2) is 8.17. The van der Waals surface area contributed by atoms with Crippen molar-refractivity contribution < 1.29 is 9.53 Å². The minimum atomic E-state index is 0.00697. The van der Waals surface area contributed by atoms with Crippen molar-refractivity contribution in [1.82, 2.24) is 9.88 Å². The topological polar surface area (TPSA) is 45.7 Å². The molecule has 144 valence electrons. The standard InChI is InChI=1S/C20H24ClN3O2S/c1-14-11-24(12-18(26-14)15-5-8-27-13-15)19-17(21)9-16(10-22-19)20(25)23-6-3-2-4-7-23/h5,8-10,13-14,18H,2-4,6-7,11-12H2,1H3. The summed E-state index contributed by atoms with van der Waals surface area (Å²) in [5.41, 5.74) is 1.76. The number of ether oxygens (including phenoxy) is 1. The molecule has 27 heavy (non-hydrogen) atoms. The number of aromatic nitrogens is 1. The number of thiophene rings is 1. The predicted octanol–water partition coefficient (Wildman–Crippen LogP) is 4.39. The zero-order chi connectivity index (χ0) is 18.8. The average Bonchev–Trinajstić information content (AvgIpc) is 3.22. The van der Waals surface area contributed by atoms with Gasteiger partial charge in [0.1, 0.15) is 11.9 Å². The minimum absolute atomic E-state index is 0.00697. The van der Waals surface area contributed by atoms with Crippen molar-refractivity contribution in [3.8, 4) is 0 Å². The molecular formula is C20H24ClN3O2S. The van der Waals surface area contributed by atoms with Gasteiger partial charge in [0, 0.05) is 32.4 Å². The van der Waals surface area contributed by atoms with Crippen LogP contribution < -0.4 is 4.90 Å². The summed E-state index contributed by atoms with van der Waals surface area (Å²) in [7, 11) is 0. The molecule has 1 amide bonds. The fourth-order valence-corrected chi connectivity index (χ4v) is 4.81. The highest BCUT2D eigenvalue weighted by molar-refractivity contribution is 7.07. The summed E-state index contributed by atoms with van der Waals surface area (Å²) in [5, 5.41) is 4.71. The van der Waals surface area contributed by atoms with E-state index in [2.05, 4.69) is 33.6 Å².